The molecule has 1 heterocycles. The molecule has 2 aromatic rings. The Balaban J connectivity index is 2.03. The molecule has 1 aromatic carbocycles. The second-order valence-corrected chi connectivity index (χ2v) is 3.77. The van der Waals surface area contributed by atoms with E-state index >= 15 is 0 Å². The van der Waals surface area contributed by atoms with Crippen molar-refractivity contribution in [2.45, 2.75) is 20.4 Å². The smallest absolute Gasteiger partial charge is 0.145 e. The molecule has 0 fully saturated rings. The SMILES string of the molecule is Cc1ncc(NCc2ccccc2)nc1C. The molecule has 82 valence electrons. The van der Waals surface area contributed by atoms with Crippen LogP contribution >= 0.6 is 0 Å². The van der Waals surface area contributed by atoms with Gasteiger partial charge in [0.15, 0.2) is 0 Å². The second kappa shape index (κ2) is 4.75. The van der Waals surface area contributed by atoms with Gasteiger partial charge in [0.2, 0.25) is 0 Å². The van der Waals surface area contributed by atoms with Crippen LogP contribution in [0, 0.1) is 13.8 Å². The third-order valence-corrected chi connectivity index (χ3v) is 2.51. The van der Waals surface area contributed by atoms with Crippen LogP contribution in [0.15, 0.2) is 36.5 Å². The van der Waals surface area contributed by atoms with Gasteiger partial charge in [-0.1, -0.05) is 30.3 Å². The highest BCUT2D eigenvalue weighted by Gasteiger charge is 1.98. The van der Waals surface area contributed by atoms with E-state index in [2.05, 4.69) is 27.4 Å². The van der Waals surface area contributed by atoms with E-state index in [1.807, 2.05) is 32.0 Å². The monoisotopic (exact) mass is 213 g/mol. The van der Waals surface area contributed by atoms with Crippen LogP contribution in [0.25, 0.3) is 0 Å². The van der Waals surface area contributed by atoms with Gasteiger partial charge in [-0.25, -0.2) is 4.98 Å². The molecule has 0 amide bonds. The molecular weight excluding hydrogens is 198 g/mol. The Morgan fingerprint density at radius 2 is 1.81 bits per heavy atom. The molecule has 2 rings (SSSR count). The van der Waals surface area contributed by atoms with Crippen LogP contribution in [0.4, 0.5) is 5.82 Å². The molecule has 1 N–H and O–H groups in total. The highest BCUT2D eigenvalue weighted by atomic mass is 15.0. The van der Waals surface area contributed by atoms with E-state index in [4.69, 9.17) is 0 Å². The molecule has 0 bridgehead atoms. The molecule has 3 nitrogen and oxygen atoms in total. The van der Waals surface area contributed by atoms with Gasteiger partial charge in [0.05, 0.1) is 17.6 Å². The number of hydrogen-bond acceptors (Lipinski definition) is 3. The topological polar surface area (TPSA) is 37.8 Å². The van der Waals surface area contributed by atoms with Gasteiger partial charge < -0.3 is 5.32 Å². The minimum absolute atomic E-state index is 0.776. The van der Waals surface area contributed by atoms with Crippen molar-refractivity contribution in [3.05, 3.63) is 53.5 Å². The normalized spacial score (nSPS) is 10.1. The van der Waals surface area contributed by atoms with Crippen LogP contribution in [0.2, 0.25) is 0 Å². The van der Waals surface area contributed by atoms with Crippen molar-refractivity contribution in [2.75, 3.05) is 5.32 Å². The van der Waals surface area contributed by atoms with E-state index in [-0.39, 0.29) is 0 Å². The molecule has 0 aliphatic heterocycles. The fourth-order valence-electron chi connectivity index (χ4n) is 1.42. The van der Waals surface area contributed by atoms with Crippen LogP contribution < -0.4 is 5.32 Å². The summed E-state index contributed by atoms with van der Waals surface area (Å²) >= 11 is 0. The molecule has 0 atom stereocenters. The van der Waals surface area contributed by atoms with Crippen LogP contribution in [0.5, 0.6) is 0 Å². The summed E-state index contributed by atoms with van der Waals surface area (Å²) in [5, 5.41) is 3.26. The highest BCUT2D eigenvalue weighted by molar-refractivity contribution is 5.34. The van der Waals surface area contributed by atoms with E-state index in [9.17, 15) is 0 Å². The molecule has 3 heteroatoms. The summed E-state index contributed by atoms with van der Waals surface area (Å²) in [6.45, 7) is 4.71. The summed E-state index contributed by atoms with van der Waals surface area (Å²) in [5.41, 5.74) is 3.19. The molecule has 16 heavy (non-hydrogen) atoms. The van der Waals surface area contributed by atoms with Gasteiger partial charge in [0.1, 0.15) is 5.82 Å². The lowest BCUT2D eigenvalue weighted by atomic mass is 10.2. The van der Waals surface area contributed by atoms with E-state index in [0.29, 0.717) is 0 Å². The van der Waals surface area contributed by atoms with Crippen molar-refractivity contribution in [1.29, 1.82) is 0 Å². The maximum Gasteiger partial charge on any atom is 0.145 e. The number of nitrogens with one attached hydrogen (secondary N) is 1. The minimum Gasteiger partial charge on any atom is -0.365 e. The standard InChI is InChI=1S/C13H15N3/c1-10-11(2)16-13(9-14-10)15-8-12-6-4-3-5-7-12/h3-7,9H,8H2,1-2H3,(H,15,16). The summed E-state index contributed by atoms with van der Waals surface area (Å²) < 4.78 is 0. The Labute approximate surface area is 95.6 Å². The zero-order valence-corrected chi connectivity index (χ0v) is 9.57. The van der Waals surface area contributed by atoms with E-state index in [0.717, 1.165) is 23.8 Å². The third kappa shape index (κ3) is 2.57. The molecular formula is C13H15N3. The average molecular weight is 213 g/mol. The number of anilines is 1. The molecule has 1 aromatic heterocycles. The van der Waals surface area contributed by atoms with Crippen LogP contribution in [-0.2, 0) is 6.54 Å². The molecule has 0 unspecified atom stereocenters. The Morgan fingerprint density at radius 1 is 1.06 bits per heavy atom. The number of rotatable bonds is 3. The minimum atomic E-state index is 0.776. The molecule has 0 aliphatic carbocycles. The molecule has 0 saturated heterocycles. The average Bonchev–Trinajstić information content (AvgIpc) is 2.32. The molecule has 0 aliphatic rings. The van der Waals surface area contributed by atoms with Crippen molar-refractivity contribution in [3.63, 3.8) is 0 Å². The molecule has 0 radical (unpaired) electrons. The zero-order chi connectivity index (χ0) is 11.4. The zero-order valence-electron chi connectivity index (χ0n) is 9.57. The van der Waals surface area contributed by atoms with E-state index in [1.165, 1.54) is 5.56 Å². The lowest BCUT2D eigenvalue weighted by Crippen LogP contribution is -2.03. The second-order valence-electron chi connectivity index (χ2n) is 3.77. The first kappa shape index (κ1) is 10.6. The Morgan fingerprint density at radius 3 is 2.50 bits per heavy atom. The van der Waals surface area contributed by atoms with Crippen molar-refractivity contribution in [1.82, 2.24) is 9.97 Å². The number of benzene rings is 1. The van der Waals surface area contributed by atoms with Gasteiger partial charge in [0.25, 0.3) is 0 Å². The van der Waals surface area contributed by atoms with Crippen molar-refractivity contribution in [3.8, 4) is 0 Å². The summed E-state index contributed by atoms with van der Waals surface area (Å²) in [6, 6.07) is 10.2. The molecule has 0 spiro atoms. The predicted octanol–water partition coefficient (Wildman–Crippen LogP) is 2.71. The van der Waals surface area contributed by atoms with Gasteiger partial charge in [-0.3, -0.25) is 4.98 Å². The summed E-state index contributed by atoms with van der Waals surface area (Å²) in [5.74, 6) is 0.826. The fourth-order valence-corrected chi connectivity index (χ4v) is 1.42. The lowest BCUT2D eigenvalue weighted by Gasteiger charge is -2.06. The van der Waals surface area contributed by atoms with Crippen molar-refractivity contribution in [2.24, 2.45) is 0 Å². The fraction of sp³-hybridized carbons (Fsp3) is 0.231. The predicted molar refractivity (Wildman–Crippen MR) is 65.3 cm³/mol. The van der Waals surface area contributed by atoms with Gasteiger partial charge in [0, 0.05) is 6.54 Å². The van der Waals surface area contributed by atoms with E-state index < -0.39 is 0 Å². The van der Waals surface area contributed by atoms with Crippen LogP contribution in [0.1, 0.15) is 17.0 Å². The van der Waals surface area contributed by atoms with Gasteiger partial charge >= 0.3 is 0 Å². The van der Waals surface area contributed by atoms with Gasteiger partial charge in [-0.2, -0.15) is 0 Å². The van der Waals surface area contributed by atoms with Crippen molar-refractivity contribution < 1.29 is 0 Å². The van der Waals surface area contributed by atoms with Gasteiger partial charge in [-0.15, -0.1) is 0 Å². The first-order chi connectivity index (χ1) is 7.75. The number of aromatic nitrogens is 2. The first-order valence-electron chi connectivity index (χ1n) is 5.34. The lowest BCUT2D eigenvalue weighted by molar-refractivity contribution is 1.02. The highest BCUT2D eigenvalue weighted by Crippen LogP contribution is 2.07. The third-order valence-electron chi connectivity index (χ3n) is 2.51. The quantitative estimate of drug-likeness (QED) is 0.851. The van der Waals surface area contributed by atoms with E-state index in [1.54, 1.807) is 6.20 Å². The number of nitrogens with zero attached hydrogens (tertiary/aromatic N) is 2. The summed E-state index contributed by atoms with van der Waals surface area (Å²) in [6.07, 6.45) is 1.77. The Kier molecular flexibility index (Phi) is 3.15. The maximum absolute atomic E-state index is 4.41. The molecule has 0 saturated carbocycles. The summed E-state index contributed by atoms with van der Waals surface area (Å²) in [7, 11) is 0. The maximum atomic E-state index is 4.41. The van der Waals surface area contributed by atoms with Crippen LogP contribution in [0.3, 0.4) is 0 Å². The first-order valence-corrected chi connectivity index (χ1v) is 5.34. The van der Waals surface area contributed by atoms with Crippen molar-refractivity contribution >= 4 is 5.82 Å². The number of hydrogen-bond donors (Lipinski definition) is 1. The Bertz CT molecular complexity index is 466. The van der Waals surface area contributed by atoms with Crippen LogP contribution in [-0.4, -0.2) is 9.97 Å². The summed E-state index contributed by atoms with van der Waals surface area (Å²) in [4.78, 5) is 8.68. The van der Waals surface area contributed by atoms with Gasteiger partial charge in [-0.05, 0) is 19.4 Å². The Hall–Kier alpha value is -1.90. The largest absolute Gasteiger partial charge is 0.365 e. The number of aryl methyl sites for hydroxylation is 2.